The van der Waals surface area contributed by atoms with E-state index in [0.717, 1.165) is 17.0 Å². The number of hydrogen-bond acceptors (Lipinski definition) is 3. The van der Waals surface area contributed by atoms with Crippen LogP contribution in [0.4, 0.5) is 0 Å². The lowest BCUT2D eigenvalue weighted by Gasteiger charge is -2.28. The Balaban J connectivity index is 2.06. The summed E-state index contributed by atoms with van der Waals surface area (Å²) in [6, 6.07) is 4.10. The lowest BCUT2D eigenvalue weighted by atomic mass is 9.94. The van der Waals surface area contributed by atoms with E-state index in [1.807, 2.05) is 0 Å². The number of aromatic nitrogens is 2. The van der Waals surface area contributed by atoms with E-state index in [0.29, 0.717) is 16.5 Å². The average molecular weight is 312 g/mol. The molecule has 1 aliphatic heterocycles. The summed E-state index contributed by atoms with van der Waals surface area (Å²) in [6.07, 6.45) is 1.93. The van der Waals surface area contributed by atoms with Crippen LogP contribution in [0.1, 0.15) is 23.0 Å². The molecule has 1 aromatic carbocycles. The standard InChI is InChI=1S/C13H11Cl2N3O2/c14-6-1-2-7(8(15)3-6)11-12-9(16-5-17-12)4-10(18-11)13(19)20/h1-3,5,10-11,18H,4H2,(H,16,17)(H,19,20)/t10-,11+/m1/s1. The lowest BCUT2D eigenvalue weighted by molar-refractivity contribution is -0.139. The molecule has 3 N–H and O–H groups in total. The summed E-state index contributed by atoms with van der Waals surface area (Å²) in [6.45, 7) is 0. The average Bonchev–Trinajstić information content (AvgIpc) is 2.86. The fourth-order valence-corrected chi connectivity index (χ4v) is 2.94. The maximum absolute atomic E-state index is 11.3. The zero-order valence-corrected chi connectivity index (χ0v) is 11.7. The molecule has 104 valence electrons. The van der Waals surface area contributed by atoms with Gasteiger partial charge in [0.05, 0.1) is 18.1 Å². The van der Waals surface area contributed by atoms with Gasteiger partial charge in [0, 0.05) is 22.2 Å². The van der Waals surface area contributed by atoms with Gasteiger partial charge in [-0.05, 0) is 17.7 Å². The fourth-order valence-electron chi connectivity index (χ4n) is 2.42. The Morgan fingerprint density at radius 2 is 2.20 bits per heavy atom. The van der Waals surface area contributed by atoms with E-state index in [1.165, 1.54) is 0 Å². The summed E-state index contributed by atoms with van der Waals surface area (Å²) in [5.41, 5.74) is 2.34. The van der Waals surface area contributed by atoms with Crippen LogP contribution in [0.2, 0.25) is 10.0 Å². The summed E-state index contributed by atoms with van der Waals surface area (Å²) < 4.78 is 0. The Labute approximate surface area is 124 Å². The molecule has 2 atom stereocenters. The van der Waals surface area contributed by atoms with Gasteiger partial charge in [-0.25, -0.2) is 4.98 Å². The summed E-state index contributed by atoms with van der Waals surface area (Å²) in [5, 5.41) is 13.3. The number of aromatic amines is 1. The number of carboxylic acid groups (broad SMARTS) is 1. The maximum Gasteiger partial charge on any atom is 0.321 e. The zero-order chi connectivity index (χ0) is 14.3. The number of aliphatic carboxylic acids is 1. The Morgan fingerprint density at radius 3 is 2.90 bits per heavy atom. The Morgan fingerprint density at radius 1 is 1.40 bits per heavy atom. The molecule has 0 bridgehead atoms. The first-order valence-corrected chi connectivity index (χ1v) is 6.78. The Kier molecular flexibility index (Phi) is 3.41. The van der Waals surface area contributed by atoms with Gasteiger partial charge in [0.15, 0.2) is 0 Å². The van der Waals surface area contributed by atoms with Gasteiger partial charge in [-0.2, -0.15) is 0 Å². The van der Waals surface area contributed by atoms with Crippen molar-refractivity contribution in [2.75, 3.05) is 0 Å². The predicted octanol–water partition coefficient (Wildman–Crippen LogP) is 2.40. The molecule has 0 amide bonds. The molecule has 0 radical (unpaired) electrons. The summed E-state index contributed by atoms with van der Waals surface area (Å²) in [5.74, 6) is -0.902. The first-order valence-electron chi connectivity index (χ1n) is 6.02. The molecule has 2 aromatic rings. The monoisotopic (exact) mass is 311 g/mol. The van der Waals surface area contributed by atoms with E-state index >= 15 is 0 Å². The number of halogens is 2. The molecule has 2 heterocycles. The Hall–Kier alpha value is -1.56. The second-order valence-electron chi connectivity index (χ2n) is 4.63. The number of H-pyrrole nitrogens is 1. The number of hydrogen-bond donors (Lipinski definition) is 3. The smallest absolute Gasteiger partial charge is 0.321 e. The van der Waals surface area contributed by atoms with Crippen molar-refractivity contribution in [1.29, 1.82) is 0 Å². The van der Waals surface area contributed by atoms with Gasteiger partial charge in [0.25, 0.3) is 0 Å². The molecule has 0 saturated heterocycles. The first kappa shape index (κ1) is 13.4. The van der Waals surface area contributed by atoms with Crippen LogP contribution in [0.25, 0.3) is 0 Å². The molecule has 0 unspecified atom stereocenters. The largest absolute Gasteiger partial charge is 0.480 e. The fraction of sp³-hybridized carbons (Fsp3) is 0.231. The number of rotatable bonds is 2. The van der Waals surface area contributed by atoms with Crippen molar-refractivity contribution in [3.63, 3.8) is 0 Å². The minimum Gasteiger partial charge on any atom is -0.480 e. The third kappa shape index (κ3) is 2.28. The van der Waals surface area contributed by atoms with Crippen LogP contribution < -0.4 is 5.32 Å². The molecule has 0 fully saturated rings. The molecule has 1 aromatic heterocycles. The Bertz CT molecular complexity index is 671. The third-order valence-corrected chi connectivity index (χ3v) is 3.94. The molecule has 5 nitrogen and oxygen atoms in total. The summed E-state index contributed by atoms with van der Waals surface area (Å²) in [7, 11) is 0. The maximum atomic E-state index is 11.3. The van der Waals surface area contributed by atoms with Crippen molar-refractivity contribution in [2.45, 2.75) is 18.5 Å². The molecular weight excluding hydrogens is 301 g/mol. The number of nitrogens with zero attached hydrogens (tertiary/aromatic N) is 1. The van der Waals surface area contributed by atoms with E-state index in [2.05, 4.69) is 15.3 Å². The normalized spacial score (nSPS) is 21.5. The highest BCUT2D eigenvalue weighted by Gasteiger charge is 2.33. The third-order valence-electron chi connectivity index (χ3n) is 3.37. The van der Waals surface area contributed by atoms with E-state index in [-0.39, 0.29) is 6.04 Å². The van der Waals surface area contributed by atoms with Gasteiger partial charge in [0.2, 0.25) is 0 Å². The van der Waals surface area contributed by atoms with E-state index < -0.39 is 12.0 Å². The van der Waals surface area contributed by atoms with Gasteiger partial charge in [0.1, 0.15) is 6.04 Å². The highest BCUT2D eigenvalue weighted by atomic mass is 35.5. The highest BCUT2D eigenvalue weighted by Crippen LogP contribution is 2.33. The quantitative estimate of drug-likeness (QED) is 0.796. The second-order valence-corrected chi connectivity index (χ2v) is 5.47. The predicted molar refractivity (Wildman–Crippen MR) is 75.2 cm³/mol. The number of imidazole rings is 1. The molecule has 3 rings (SSSR count). The van der Waals surface area contributed by atoms with Gasteiger partial charge < -0.3 is 10.1 Å². The molecule has 0 saturated carbocycles. The number of carboxylic acids is 1. The molecular formula is C13H11Cl2N3O2. The van der Waals surface area contributed by atoms with Gasteiger partial charge in [-0.3, -0.25) is 10.1 Å². The minimum absolute atomic E-state index is 0.365. The van der Waals surface area contributed by atoms with E-state index in [4.69, 9.17) is 23.2 Å². The van der Waals surface area contributed by atoms with Crippen molar-refractivity contribution in [2.24, 2.45) is 0 Å². The summed E-state index contributed by atoms with van der Waals surface area (Å²) in [4.78, 5) is 18.5. The minimum atomic E-state index is -0.902. The molecule has 0 spiro atoms. The second kappa shape index (κ2) is 5.09. The lowest BCUT2D eigenvalue weighted by Crippen LogP contribution is -2.45. The summed E-state index contributed by atoms with van der Waals surface area (Å²) >= 11 is 12.1. The molecule has 1 aliphatic rings. The first-order chi connectivity index (χ1) is 9.56. The van der Waals surface area contributed by atoms with Crippen LogP contribution in [-0.4, -0.2) is 27.1 Å². The van der Waals surface area contributed by atoms with Crippen molar-refractivity contribution >= 4 is 29.2 Å². The number of nitrogens with one attached hydrogen (secondary N) is 2. The van der Waals surface area contributed by atoms with Crippen molar-refractivity contribution in [3.05, 3.63) is 51.5 Å². The van der Waals surface area contributed by atoms with Gasteiger partial charge in [-0.15, -0.1) is 0 Å². The van der Waals surface area contributed by atoms with E-state index in [1.54, 1.807) is 24.5 Å². The molecule has 20 heavy (non-hydrogen) atoms. The number of carbonyl (C=O) groups is 1. The SMILES string of the molecule is O=C(O)[C@H]1Cc2[nH]cnc2[C@H](c2ccc(Cl)cc2Cl)N1. The van der Waals surface area contributed by atoms with Crippen LogP contribution in [0.5, 0.6) is 0 Å². The van der Waals surface area contributed by atoms with Crippen LogP contribution >= 0.6 is 23.2 Å². The van der Waals surface area contributed by atoms with Gasteiger partial charge >= 0.3 is 5.97 Å². The number of benzene rings is 1. The topological polar surface area (TPSA) is 78.0 Å². The van der Waals surface area contributed by atoms with Crippen LogP contribution in [0.15, 0.2) is 24.5 Å². The van der Waals surface area contributed by atoms with E-state index in [9.17, 15) is 9.90 Å². The molecule has 7 heteroatoms. The van der Waals surface area contributed by atoms with Crippen LogP contribution in [-0.2, 0) is 11.2 Å². The van der Waals surface area contributed by atoms with Crippen molar-refractivity contribution in [1.82, 2.24) is 15.3 Å². The number of fused-ring (bicyclic) bond motifs is 1. The van der Waals surface area contributed by atoms with Crippen molar-refractivity contribution in [3.8, 4) is 0 Å². The zero-order valence-electron chi connectivity index (χ0n) is 10.2. The molecule has 0 aliphatic carbocycles. The van der Waals surface area contributed by atoms with Gasteiger partial charge in [-0.1, -0.05) is 29.3 Å². The van der Waals surface area contributed by atoms with Crippen molar-refractivity contribution < 1.29 is 9.90 Å². The van der Waals surface area contributed by atoms with Crippen LogP contribution in [0.3, 0.4) is 0 Å². The highest BCUT2D eigenvalue weighted by molar-refractivity contribution is 6.35. The van der Waals surface area contributed by atoms with Crippen LogP contribution in [0, 0.1) is 0 Å².